The molecular formula is C15H29N5O3S. The van der Waals surface area contributed by atoms with Gasteiger partial charge in [0.05, 0.1) is 11.9 Å². The molecule has 1 aromatic rings. The van der Waals surface area contributed by atoms with Gasteiger partial charge in [0.2, 0.25) is 15.9 Å². The fourth-order valence-corrected chi connectivity index (χ4v) is 3.05. The first kappa shape index (κ1) is 20.4. The molecular weight excluding hydrogens is 330 g/mol. The van der Waals surface area contributed by atoms with E-state index in [-0.39, 0.29) is 0 Å². The summed E-state index contributed by atoms with van der Waals surface area (Å²) in [4.78, 5) is 8.73. The van der Waals surface area contributed by atoms with Crippen molar-refractivity contribution in [1.82, 2.24) is 19.9 Å². The van der Waals surface area contributed by atoms with E-state index in [1.54, 1.807) is 0 Å². The largest absolute Gasteiger partial charge is 0.444 e. The summed E-state index contributed by atoms with van der Waals surface area (Å²) in [6.07, 6.45) is 1.93. The van der Waals surface area contributed by atoms with E-state index >= 15 is 0 Å². The third-order valence-corrected chi connectivity index (χ3v) is 4.87. The van der Waals surface area contributed by atoms with Crippen LogP contribution in [0.5, 0.6) is 0 Å². The highest BCUT2D eigenvalue weighted by Crippen LogP contribution is 2.08. The summed E-state index contributed by atoms with van der Waals surface area (Å²) >= 11 is 0. The van der Waals surface area contributed by atoms with Crippen molar-refractivity contribution in [3.63, 3.8) is 0 Å². The molecule has 138 valence electrons. The van der Waals surface area contributed by atoms with Crippen molar-refractivity contribution in [3.8, 4) is 0 Å². The molecule has 0 aliphatic carbocycles. The second-order valence-electron chi connectivity index (χ2n) is 5.48. The first-order valence-electron chi connectivity index (χ1n) is 8.18. The van der Waals surface area contributed by atoms with Crippen LogP contribution in [0, 0.1) is 13.8 Å². The van der Waals surface area contributed by atoms with Crippen LogP contribution in [0.15, 0.2) is 9.41 Å². The smallest absolute Gasteiger partial charge is 0.216 e. The van der Waals surface area contributed by atoms with E-state index in [9.17, 15) is 8.42 Å². The number of guanidine groups is 1. The highest BCUT2D eigenvalue weighted by Gasteiger charge is 2.13. The molecule has 1 heterocycles. The highest BCUT2D eigenvalue weighted by atomic mass is 32.2. The molecule has 1 aromatic heterocycles. The number of nitrogens with zero attached hydrogens (tertiary/aromatic N) is 3. The Hall–Kier alpha value is -1.61. The number of hydrogen-bond donors (Lipinski definition) is 2. The highest BCUT2D eigenvalue weighted by molar-refractivity contribution is 7.88. The number of aliphatic imine (C=N–C) groups is 1. The van der Waals surface area contributed by atoms with Crippen LogP contribution in [0.25, 0.3) is 0 Å². The summed E-state index contributed by atoms with van der Waals surface area (Å²) in [6.45, 7) is 10.3. The van der Waals surface area contributed by atoms with E-state index in [0.29, 0.717) is 44.5 Å². The maximum Gasteiger partial charge on any atom is 0.216 e. The minimum atomic E-state index is -3.13. The van der Waals surface area contributed by atoms with Crippen molar-refractivity contribution in [2.45, 2.75) is 40.7 Å². The molecule has 0 fully saturated rings. The molecule has 0 aliphatic rings. The maximum absolute atomic E-state index is 11.5. The number of oxazole rings is 1. The van der Waals surface area contributed by atoms with Crippen molar-refractivity contribution in [3.05, 3.63) is 17.3 Å². The second-order valence-corrected chi connectivity index (χ2v) is 7.46. The lowest BCUT2D eigenvalue weighted by molar-refractivity contribution is 0.424. The van der Waals surface area contributed by atoms with Gasteiger partial charge < -0.3 is 15.1 Å². The molecule has 0 spiro atoms. The van der Waals surface area contributed by atoms with E-state index in [4.69, 9.17) is 4.42 Å². The number of aromatic nitrogens is 1. The Bertz CT molecular complexity index is 620. The summed E-state index contributed by atoms with van der Waals surface area (Å²) in [5.41, 5.74) is 0.874. The van der Waals surface area contributed by atoms with Crippen LogP contribution >= 0.6 is 0 Å². The van der Waals surface area contributed by atoms with Crippen molar-refractivity contribution in [2.24, 2.45) is 4.99 Å². The summed E-state index contributed by atoms with van der Waals surface area (Å²) in [6, 6.07) is 0. The maximum atomic E-state index is 11.5. The molecule has 0 unspecified atom stereocenters. The van der Waals surface area contributed by atoms with Gasteiger partial charge in [0.1, 0.15) is 12.3 Å². The lowest BCUT2D eigenvalue weighted by atomic mass is 10.4. The van der Waals surface area contributed by atoms with Gasteiger partial charge >= 0.3 is 0 Å². The standard InChI is InChI=1S/C15H29N5O3S/c1-6-16-15(18-11-14-19-12(3)13(4)23-14)17-9-8-10-20(7-2)24(5,21)22/h6-11H2,1-5H3,(H2,16,17,18). The van der Waals surface area contributed by atoms with Crippen LogP contribution < -0.4 is 10.6 Å². The average molecular weight is 359 g/mol. The normalized spacial score (nSPS) is 12.7. The lowest BCUT2D eigenvalue weighted by Gasteiger charge is -2.18. The van der Waals surface area contributed by atoms with Crippen LogP contribution in [-0.2, 0) is 16.6 Å². The molecule has 0 aromatic carbocycles. The Morgan fingerprint density at radius 2 is 2.00 bits per heavy atom. The average Bonchev–Trinajstić information content (AvgIpc) is 2.82. The van der Waals surface area contributed by atoms with Gasteiger partial charge in [-0.3, -0.25) is 0 Å². The summed E-state index contributed by atoms with van der Waals surface area (Å²) in [5, 5.41) is 6.34. The first-order valence-corrected chi connectivity index (χ1v) is 10.0. The van der Waals surface area contributed by atoms with Gasteiger partial charge in [-0.05, 0) is 27.2 Å². The van der Waals surface area contributed by atoms with Crippen LogP contribution in [0.1, 0.15) is 37.6 Å². The third-order valence-electron chi connectivity index (χ3n) is 3.49. The molecule has 8 nitrogen and oxygen atoms in total. The monoisotopic (exact) mass is 359 g/mol. The zero-order valence-electron chi connectivity index (χ0n) is 15.2. The van der Waals surface area contributed by atoms with E-state index in [1.807, 2.05) is 27.7 Å². The minimum absolute atomic E-state index is 0.356. The molecule has 0 atom stereocenters. The molecule has 0 saturated carbocycles. The Labute approximate surface area is 144 Å². The first-order chi connectivity index (χ1) is 11.3. The van der Waals surface area contributed by atoms with Crippen molar-refractivity contribution in [2.75, 3.05) is 32.4 Å². The number of nitrogens with one attached hydrogen (secondary N) is 2. The fraction of sp³-hybridized carbons (Fsp3) is 0.733. The molecule has 24 heavy (non-hydrogen) atoms. The Balaban J connectivity index is 2.49. The quantitative estimate of drug-likeness (QED) is 0.388. The van der Waals surface area contributed by atoms with E-state index < -0.39 is 10.0 Å². The van der Waals surface area contributed by atoms with Gasteiger partial charge in [-0.15, -0.1) is 0 Å². The summed E-state index contributed by atoms with van der Waals surface area (Å²) in [7, 11) is -3.13. The van der Waals surface area contributed by atoms with Crippen LogP contribution in [0.2, 0.25) is 0 Å². The third kappa shape index (κ3) is 6.88. The van der Waals surface area contributed by atoms with Gasteiger partial charge in [0, 0.05) is 26.2 Å². The van der Waals surface area contributed by atoms with Gasteiger partial charge in [-0.1, -0.05) is 6.92 Å². The number of sulfonamides is 1. The molecule has 0 amide bonds. The van der Waals surface area contributed by atoms with Gasteiger partial charge in [-0.25, -0.2) is 22.7 Å². The van der Waals surface area contributed by atoms with Crippen LogP contribution in [-0.4, -0.2) is 56.1 Å². The predicted molar refractivity (Wildman–Crippen MR) is 95.5 cm³/mol. The van der Waals surface area contributed by atoms with Crippen molar-refractivity contribution in [1.29, 1.82) is 0 Å². The predicted octanol–water partition coefficient (Wildman–Crippen LogP) is 1.02. The van der Waals surface area contributed by atoms with Gasteiger partial charge in [-0.2, -0.15) is 0 Å². The molecule has 0 bridgehead atoms. The molecule has 0 aliphatic heterocycles. The van der Waals surface area contributed by atoms with E-state index in [0.717, 1.165) is 18.0 Å². The molecule has 0 saturated heterocycles. The van der Waals surface area contributed by atoms with Gasteiger partial charge in [0.15, 0.2) is 5.96 Å². The number of hydrogen-bond acceptors (Lipinski definition) is 5. The molecule has 0 radical (unpaired) electrons. The van der Waals surface area contributed by atoms with E-state index in [1.165, 1.54) is 10.6 Å². The SMILES string of the molecule is CCNC(=NCc1nc(C)c(C)o1)NCCCN(CC)S(C)(=O)=O. The summed E-state index contributed by atoms with van der Waals surface area (Å²) < 4.78 is 30.0. The Morgan fingerprint density at radius 1 is 1.29 bits per heavy atom. The van der Waals surface area contributed by atoms with Gasteiger partial charge in [0.25, 0.3) is 0 Å². The van der Waals surface area contributed by atoms with E-state index in [2.05, 4.69) is 20.6 Å². The number of rotatable bonds is 9. The fourth-order valence-electron chi connectivity index (χ4n) is 2.12. The molecule has 9 heteroatoms. The zero-order chi connectivity index (χ0) is 18.2. The molecule has 1 rings (SSSR count). The minimum Gasteiger partial charge on any atom is -0.444 e. The second kappa shape index (κ2) is 9.63. The Kier molecular flexibility index (Phi) is 8.20. The van der Waals surface area contributed by atoms with Crippen LogP contribution in [0.3, 0.4) is 0 Å². The topological polar surface area (TPSA) is 99.8 Å². The lowest BCUT2D eigenvalue weighted by Crippen LogP contribution is -2.39. The molecule has 2 N–H and O–H groups in total. The van der Waals surface area contributed by atoms with Crippen molar-refractivity contribution < 1.29 is 12.8 Å². The zero-order valence-corrected chi connectivity index (χ0v) is 16.0. The summed E-state index contributed by atoms with van der Waals surface area (Å²) in [5.74, 6) is 2.04. The Morgan fingerprint density at radius 3 is 2.50 bits per heavy atom. The van der Waals surface area contributed by atoms with Crippen molar-refractivity contribution >= 4 is 16.0 Å². The van der Waals surface area contributed by atoms with Crippen LogP contribution in [0.4, 0.5) is 0 Å². The number of aryl methyl sites for hydroxylation is 2.